The number of hydrogen-bond acceptors (Lipinski definition) is 4. The number of halogens is 3. The maximum absolute atomic E-state index is 13.4. The minimum absolute atomic E-state index is 0.0379. The van der Waals surface area contributed by atoms with Gasteiger partial charge in [-0.05, 0) is 42.5 Å². The Bertz CT molecular complexity index is 957. The molecule has 1 aliphatic heterocycles. The van der Waals surface area contributed by atoms with Crippen molar-refractivity contribution in [2.45, 2.75) is 50.5 Å². The second-order valence-corrected chi connectivity index (χ2v) is 10.5. The lowest BCUT2D eigenvalue weighted by Gasteiger charge is -2.43. The van der Waals surface area contributed by atoms with Crippen molar-refractivity contribution in [3.63, 3.8) is 0 Å². The summed E-state index contributed by atoms with van der Waals surface area (Å²) < 4.78 is 40.2. The number of benzene rings is 1. The van der Waals surface area contributed by atoms with E-state index >= 15 is 0 Å². The Morgan fingerprint density at radius 1 is 1.20 bits per heavy atom. The third-order valence-electron chi connectivity index (χ3n) is 6.05. The second-order valence-electron chi connectivity index (χ2n) is 9.09. The molecule has 2 heterocycles. The van der Waals surface area contributed by atoms with Crippen molar-refractivity contribution in [2.24, 2.45) is 11.8 Å². The van der Waals surface area contributed by atoms with Gasteiger partial charge in [0.05, 0.1) is 11.3 Å². The molecular formula is C21H26F3N4OP. The average molecular weight is 438 g/mol. The van der Waals surface area contributed by atoms with Crippen molar-refractivity contribution in [3.8, 4) is 0 Å². The fraction of sp³-hybridized carbons (Fsp3) is 0.571. The van der Waals surface area contributed by atoms with Gasteiger partial charge in [0.1, 0.15) is 11.0 Å². The highest BCUT2D eigenvalue weighted by Crippen LogP contribution is 2.44. The van der Waals surface area contributed by atoms with Crippen LogP contribution >= 0.6 is 9.24 Å². The SMILES string of the molecule is C[C@H]1C[C@@H](NC(=O)C2CC(C)(P)C2)CN(c2ccc(C(F)(F)F)c3nccnc23)C1. The Labute approximate surface area is 176 Å². The van der Waals surface area contributed by atoms with E-state index in [1.54, 1.807) is 0 Å². The zero-order valence-corrected chi connectivity index (χ0v) is 18.2. The van der Waals surface area contributed by atoms with Crippen molar-refractivity contribution < 1.29 is 18.0 Å². The fourth-order valence-corrected chi connectivity index (χ4v) is 5.32. The summed E-state index contributed by atoms with van der Waals surface area (Å²) in [6, 6.07) is 2.50. The fourth-order valence-electron chi connectivity index (χ4n) is 4.75. The number of anilines is 1. The summed E-state index contributed by atoms with van der Waals surface area (Å²) in [5.74, 6) is 0.397. The summed E-state index contributed by atoms with van der Waals surface area (Å²) >= 11 is 0. The molecule has 2 fully saturated rings. The Morgan fingerprint density at radius 2 is 1.87 bits per heavy atom. The Morgan fingerprint density at radius 3 is 2.50 bits per heavy atom. The first-order valence-corrected chi connectivity index (χ1v) is 10.8. The van der Waals surface area contributed by atoms with Crippen LogP contribution in [-0.2, 0) is 11.0 Å². The second kappa shape index (κ2) is 7.63. The van der Waals surface area contributed by atoms with Crippen LogP contribution in [0.4, 0.5) is 18.9 Å². The van der Waals surface area contributed by atoms with Crippen LogP contribution in [-0.4, -0.2) is 40.2 Å². The highest BCUT2D eigenvalue weighted by molar-refractivity contribution is 7.19. The average Bonchev–Trinajstić information content (AvgIpc) is 2.63. The molecule has 4 rings (SSSR count). The number of nitrogens with one attached hydrogen (secondary N) is 1. The summed E-state index contributed by atoms with van der Waals surface area (Å²) in [6.07, 6.45) is 0.754. The maximum atomic E-state index is 13.4. The predicted octanol–water partition coefficient (Wildman–Crippen LogP) is 4.02. The lowest BCUT2D eigenvalue weighted by Crippen LogP contribution is -2.54. The third kappa shape index (κ3) is 4.25. The van der Waals surface area contributed by atoms with Gasteiger partial charge in [0.25, 0.3) is 0 Å². The molecule has 1 aliphatic carbocycles. The van der Waals surface area contributed by atoms with Gasteiger partial charge in [0, 0.05) is 37.4 Å². The van der Waals surface area contributed by atoms with Crippen molar-refractivity contribution in [2.75, 3.05) is 18.0 Å². The van der Waals surface area contributed by atoms with E-state index < -0.39 is 11.7 Å². The maximum Gasteiger partial charge on any atom is 0.418 e. The number of rotatable bonds is 3. The zero-order chi connectivity index (χ0) is 21.7. The molecule has 0 radical (unpaired) electrons. The molecule has 1 unspecified atom stereocenters. The smallest absolute Gasteiger partial charge is 0.367 e. The van der Waals surface area contributed by atoms with Gasteiger partial charge in [-0.25, -0.2) is 0 Å². The quantitative estimate of drug-likeness (QED) is 0.736. The summed E-state index contributed by atoms with van der Waals surface area (Å²) in [6.45, 7) is 5.45. The molecule has 5 nitrogen and oxygen atoms in total. The van der Waals surface area contributed by atoms with E-state index in [0.29, 0.717) is 18.8 Å². The van der Waals surface area contributed by atoms with E-state index in [9.17, 15) is 18.0 Å². The summed E-state index contributed by atoms with van der Waals surface area (Å²) in [5, 5.41) is 3.31. The number of carbonyl (C=O) groups excluding carboxylic acids is 1. The van der Waals surface area contributed by atoms with E-state index in [1.807, 2.05) is 4.90 Å². The Kier molecular flexibility index (Phi) is 5.41. The van der Waals surface area contributed by atoms with Crippen LogP contribution in [0.3, 0.4) is 0 Å². The van der Waals surface area contributed by atoms with Crippen molar-refractivity contribution in [3.05, 3.63) is 30.1 Å². The van der Waals surface area contributed by atoms with E-state index in [2.05, 4.69) is 38.4 Å². The van der Waals surface area contributed by atoms with E-state index in [1.165, 1.54) is 18.5 Å². The van der Waals surface area contributed by atoms with Crippen LogP contribution in [0.25, 0.3) is 11.0 Å². The van der Waals surface area contributed by atoms with Gasteiger partial charge in [-0.1, -0.05) is 13.8 Å². The van der Waals surface area contributed by atoms with Crippen LogP contribution in [0, 0.1) is 11.8 Å². The normalized spacial score (nSPS) is 29.5. The molecule has 1 N–H and O–H groups in total. The number of carbonyl (C=O) groups is 1. The number of nitrogens with zero attached hydrogens (tertiary/aromatic N) is 3. The van der Waals surface area contributed by atoms with Gasteiger partial charge in [-0.2, -0.15) is 13.2 Å². The molecule has 162 valence electrons. The van der Waals surface area contributed by atoms with E-state index in [0.717, 1.165) is 25.3 Å². The van der Waals surface area contributed by atoms with Crippen molar-refractivity contribution in [1.82, 2.24) is 15.3 Å². The summed E-state index contributed by atoms with van der Waals surface area (Å²) in [5.41, 5.74) is -0.0624. The van der Waals surface area contributed by atoms with Gasteiger partial charge in [-0.15, -0.1) is 9.24 Å². The minimum Gasteiger partial charge on any atom is -0.367 e. The molecule has 1 saturated heterocycles. The zero-order valence-electron chi connectivity index (χ0n) is 17.0. The first-order chi connectivity index (χ1) is 14.0. The highest BCUT2D eigenvalue weighted by Gasteiger charge is 2.41. The van der Waals surface area contributed by atoms with E-state index in [-0.39, 0.29) is 40.0 Å². The highest BCUT2D eigenvalue weighted by atomic mass is 31.0. The van der Waals surface area contributed by atoms with Gasteiger partial charge in [0.15, 0.2) is 0 Å². The topological polar surface area (TPSA) is 58.1 Å². The standard InChI is InChI=1S/C21H26F3N4OP/c1-12-7-14(27-19(29)13-8-20(2,30)9-13)11-28(10-12)16-4-3-15(21(22,23)24)17-18(16)26-6-5-25-17/h3-6,12-14H,7-11,30H2,1-2H3,(H,27,29)/t12-,13?,14+,20?/m0/s1. The molecule has 2 aromatic rings. The Balaban J connectivity index is 1.57. The molecule has 1 aromatic carbocycles. The van der Waals surface area contributed by atoms with Crippen LogP contribution in [0.1, 0.15) is 38.7 Å². The molecular weight excluding hydrogens is 412 g/mol. The molecule has 2 aliphatic rings. The van der Waals surface area contributed by atoms with Crippen LogP contribution in [0.2, 0.25) is 0 Å². The lowest BCUT2D eigenvalue weighted by atomic mass is 9.74. The largest absolute Gasteiger partial charge is 0.418 e. The molecule has 1 saturated carbocycles. The number of aromatic nitrogens is 2. The van der Waals surface area contributed by atoms with Crippen LogP contribution in [0.15, 0.2) is 24.5 Å². The van der Waals surface area contributed by atoms with Crippen molar-refractivity contribution >= 4 is 31.9 Å². The molecule has 1 aromatic heterocycles. The van der Waals surface area contributed by atoms with Crippen LogP contribution < -0.4 is 10.2 Å². The third-order valence-corrected chi connectivity index (χ3v) is 6.52. The predicted molar refractivity (Wildman–Crippen MR) is 113 cm³/mol. The number of alkyl halides is 3. The van der Waals surface area contributed by atoms with Gasteiger partial charge < -0.3 is 10.2 Å². The first kappa shape index (κ1) is 21.3. The van der Waals surface area contributed by atoms with Gasteiger partial charge in [0.2, 0.25) is 5.91 Å². The number of amides is 1. The lowest BCUT2D eigenvalue weighted by molar-refractivity contribution is -0.136. The number of piperidine rings is 1. The van der Waals surface area contributed by atoms with E-state index in [4.69, 9.17) is 0 Å². The van der Waals surface area contributed by atoms with Crippen molar-refractivity contribution in [1.29, 1.82) is 0 Å². The molecule has 1 amide bonds. The molecule has 0 spiro atoms. The summed E-state index contributed by atoms with van der Waals surface area (Å²) in [4.78, 5) is 22.8. The molecule has 0 bridgehead atoms. The Hall–Kier alpha value is -1.95. The van der Waals surface area contributed by atoms with Gasteiger partial charge in [-0.3, -0.25) is 14.8 Å². The van der Waals surface area contributed by atoms with Gasteiger partial charge >= 0.3 is 6.18 Å². The summed E-state index contributed by atoms with van der Waals surface area (Å²) in [7, 11) is 2.81. The monoisotopic (exact) mass is 438 g/mol. The molecule has 9 heteroatoms. The molecule has 30 heavy (non-hydrogen) atoms. The minimum atomic E-state index is -4.49. The number of hydrogen-bond donors (Lipinski definition) is 1. The molecule has 3 atom stereocenters. The van der Waals surface area contributed by atoms with Crippen LogP contribution in [0.5, 0.6) is 0 Å². The number of fused-ring (bicyclic) bond motifs is 1. The first-order valence-electron chi connectivity index (χ1n) is 10.2.